The summed E-state index contributed by atoms with van der Waals surface area (Å²) in [7, 11) is -3.19. The largest absolute Gasteiger partial charge is 0.298 e. The third-order valence-electron chi connectivity index (χ3n) is 5.59. The molecule has 2 aliphatic heterocycles. The number of rotatable bonds is 4. The summed E-state index contributed by atoms with van der Waals surface area (Å²) < 4.78 is 25.9. The third kappa shape index (κ3) is 2.52. The van der Waals surface area contributed by atoms with E-state index in [4.69, 9.17) is 4.99 Å². The van der Waals surface area contributed by atoms with Crippen molar-refractivity contribution < 1.29 is 13.2 Å². The monoisotopic (exact) mass is 341 g/mol. The number of carbonyl (C=O) groups is 1. The van der Waals surface area contributed by atoms with Gasteiger partial charge in [0.15, 0.2) is 0 Å². The summed E-state index contributed by atoms with van der Waals surface area (Å²) in [6, 6.07) is 0. The van der Waals surface area contributed by atoms with Crippen LogP contribution in [0.1, 0.15) is 40.5 Å². The molecule has 3 aliphatic rings. The highest BCUT2D eigenvalue weighted by Gasteiger charge is 2.61. The second-order valence-electron chi connectivity index (χ2n) is 7.52. The van der Waals surface area contributed by atoms with Gasteiger partial charge in [-0.2, -0.15) is 0 Å². The van der Waals surface area contributed by atoms with Crippen molar-refractivity contribution in [3.05, 3.63) is 0 Å². The van der Waals surface area contributed by atoms with Gasteiger partial charge in [-0.1, -0.05) is 13.8 Å². The molecule has 2 fully saturated rings. The van der Waals surface area contributed by atoms with Crippen LogP contribution in [0.2, 0.25) is 0 Å². The highest BCUT2D eigenvalue weighted by atomic mass is 32.2. The van der Waals surface area contributed by atoms with Gasteiger partial charge in [0.1, 0.15) is 11.4 Å². The average molecular weight is 341 g/mol. The summed E-state index contributed by atoms with van der Waals surface area (Å²) in [5, 5.41) is 0. The molecule has 3 atom stereocenters. The molecule has 130 valence electrons. The molecule has 0 N–H and O–H groups in total. The molecule has 0 aromatic heterocycles. The van der Waals surface area contributed by atoms with Crippen molar-refractivity contribution in [1.82, 2.24) is 9.21 Å². The Morgan fingerprint density at radius 1 is 1.35 bits per heavy atom. The van der Waals surface area contributed by atoms with Gasteiger partial charge in [-0.3, -0.25) is 14.7 Å². The molecular weight excluding hydrogens is 314 g/mol. The molecule has 1 aliphatic carbocycles. The second-order valence-corrected chi connectivity index (χ2v) is 9.77. The zero-order valence-electron chi connectivity index (χ0n) is 14.4. The number of amidine groups is 1. The van der Waals surface area contributed by atoms with E-state index in [1.165, 1.54) is 0 Å². The van der Waals surface area contributed by atoms with E-state index in [1.807, 2.05) is 11.8 Å². The number of hydrogen-bond acceptors (Lipinski definition) is 4. The van der Waals surface area contributed by atoms with Gasteiger partial charge in [-0.15, -0.1) is 0 Å². The molecule has 1 amide bonds. The molecule has 1 saturated heterocycles. The van der Waals surface area contributed by atoms with Crippen molar-refractivity contribution >= 4 is 21.8 Å². The van der Waals surface area contributed by atoms with Gasteiger partial charge in [0.05, 0.1) is 5.75 Å². The van der Waals surface area contributed by atoms with E-state index in [1.54, 1.807) is 11.2 Å². The van der Waals surface area contributed by atoms with Crippen LogP contribution < -0.4 is 0 Å². The molecule has 23 heavy (non-hydrogen) atoms. The van der Waals surface area contributed by atoms with Gasteiger partial charge in [0.2, 0.25) is 10.0 Å². The molecule has 0 bridgehead atoms. The predicted molar refractivity (Wildman–Crippen MR) is 89.6 cm³/mol. The van der Waals surface area contributed by atoms with Crippen LogP contribution in [0.25, 0.3) is 0 Å². The molecule has 0 aromatic rings. The van der Waals surface area contributed by atoms with Crippen LogP contribution >= 0.6 is 0 Å². The first-order valence-corrected chi connectivity index (χ1v) is 10.2. The number of aliphatic imine (C=N–C) groups is 1. The lowest BCUT2D eigenvalue weighted by molar-refractivity contribution is -0.132. The number of nitrogens with zero attached hydrogens (tertiary/aromatic N) is 3. The Balaban J connectivity index is 1.86. The zero-order valence-corrected chi connectivity index (χ0v) is 15.3. The Morgan fingerprint density at radius 2 is 2.04 bits per heavy atom. The maximum absolute atomic E-state index is 13.1. The van der Waals surface area contributed by atoms with Crippen LogP contribution in [-0.4, -0.2) is 60.3 Å². The van der Waals surface area contributed by atoms with Crippen LogP contribution in [0.5, 0.6) is 0 Å². The van der Waals surface area contributed by atoms with E-state index in [0.29, 0.717) is 25.6 Å². The second kappa shape index (κ2) is 5.55. The SMILES string of the molecule is CCS(=O)(=O)N1C[C@H]2CC[C@@]3(N=C(C)N(CC(C)C)C3=O)[C@H]2C1. The number of fused-ring (bicyclic) bond motifs is 2. The Hall–Kier alpha value is -0.950. The van der Waals surface area contributed by atoms with E-state index in [0.717, 1.165) is 18.7 Å². The highest BCUT2D eigenvalue weighted by Crippen LogP contribution is 2.50. The topological polar surface area (TPSA) is 70.1 Å². The summed E-state index contributed by atoms with van der Waals surface area (Å²) in [4.78, 5) is 19.7. The molecule has 3 rings (SSSR count). The van der Waals surface area contributed by atoms with E-state index in [-0.39, 0.29) is 23.5 Å². The Kier molecular flexibility index (Phi) is 4.08. The quantitative estimate of drug-likeness (QED) is 0.775. The summed E-state index contributed by atoms with van der Waals surface area (Å²) >= 11 is 0. The molecule has 0 radical (unpaired) electrons. The summed E-state index contributed by atoms with van der Waals surface area (Å²) in [6.45, 7) is 9.44. The van der Waals surface area contributed by atoms with Crippen molar-refractivity contribution in [1.29, 1.82) is 0 Å². The maximum Gasteiger partial charge on any atom is 0.256 e. The minimum Gasteiger partial charge on any atom is -0.298 e. The lowest BCUT2D eigenvalue weighted by Crippen LogP contribution is -2.47. The van der Waals surface area contributed by atoms with Crippen molar-refractivity contribution in [2.75, 3.05) is 25.4 Å². The first-order valence-electron chi connectivity index (χ1n) is 8.57. The number of sulfonamides is 1. The molecule has 0 unspecified atom stereocenters. The van der Waals surface area contributed by atoms with Crippen LogP contribution in [0, 0.1) is 17.8 Å². The fourth-order valence-electron chi connectivity index (χ4n) is 4.43. The van der Waals surface area contributed by atoms with Crippen LogP contribution in [0.15, 0.2) is 4.99 Å². The average Bonchev–Trinajstić information content (AvgIpc) is 3.10. The van der Waals surface area contributed by atoms with Crippen molar-refractivity contribution in [2.24, 2.45) is 22.7 Å². The number of hydrogen-bond donors (Lipinski definition) is 0. The van der Waals surface area contributed by atoms with Gasteiger partial charge in [0.25, 0.3) is 5.91 Å². The molecule has 7 heteroatoms. The van der Waals surface area contributed by atoms with Gasteiger partial charge in [-0.25, -0.2) is 12.7 Å². The fourth-order valence-corrected chi connectivity index (χ4v) is 5.60. The minimum atomic E-state index is -3.19. The fraction of sp³-hybridized carbons (Fsp3) is 0.875. The van der Waals surface area contributed by atoms with Gasteiger partial charge in [-0.05, 0) is 38.5 Å². The maximum atomic E-state index is 13.1. The summed E-state index contributed by atoms with van der Waals surface area (Å²) in [6.07, 6.45) is 1.64. The molecule has 0 aromatic carbocycles. The lowest BCUT2D eigenvalue weighted by atomic mass is 9.85. The Bertz CT molecular complexity index is 643. The summed E-state index contributed by atoms with van der Waals surface area (Å²) in [5.41, 5.74) is -0.707. The first-order chi connectivity index (χ1) is 10.7. The van der Waals surface area contributed by atoms with Crippen molar-refractivity contribution in [3.8, 4) is 0 Å². The van der Waals surface area contributed by atoms with Crippen molar-refractivity contribution in [3.63, 3.8) is 0 Å². The van der Waals surface area contributed by atoms with Crippen molar-refractivity contribution in [2.45, 2.75) is 46.1 Å². The van der Waals surface area contributed by atoms with E-state index >= 15 is 0 Å². The standard InChI is InChI=1S/C16H27N3O3S/c1-5-23(21,22)18-9-13-6-7-16(14(13)10-18)15(20)19(8-11(2)3)12(4)17-16/h11,13-14H,5-10H2,1-4H3/t13-,14+,16-/m1/s1. The lowest BCUT2D eigenvalue weighted by Gasteiger charge is -2.28. The van der Waals surface area contributed by atoms with E-state index < -0.39 is 15.6 Å². The normalized spacial score (nSPS) is 34.7. The molecule has 1 spiro atoms. The highest BCUT2D eigenvalue weighted by molar-refractivity contribution is 7.89. The molecule has 6 nitrogen and oxygen atoms in total. The van der Waals surface area contributed by atoms with Crippen LogP contribution in [-0.2, 0) is 14.8 Å². The smallest absolute Gasteiger partial charge is 0.256 e. The number of carbonyl (C=O) groups excluding carboxylic acids is 1. The molecule has 1 saturated carbocycles. The molecular formula is C16H27N3O3S. The Labute approximate surface area is 139 Å². The minimum absolute atomic E-state index is 0.0310. The zero-order chi connectivity index (χ0) is 17.0. The van der Waals surface area contributed by atoms with Crippen LogP contribution in [0.3, 0.4) is 0 Å². The van der Waals surface area contributed by atoms with E-state index in [2.05, 4.69) is 13.8 Å². The van der Waals surface area contributed by atoms with Crippen LogP contribution in [0.4, 0.5) is 0 Å². The van der Waals surface area contributed by atoms with E-state index in [9.17, 15) is 13.2 Å². The number of amides is 1. The molecule has 2 heterocycles. The van der Waals surface area contributed by atoms with Gasteiger partial charge < -0.3 is 0 Å². The first kappa shape index (κ1) is 16.9. The Morgan fingerprint density at radius 3 is 2.65 bits per heavy atom. The predicted octanol–water partition coefficient (Wildman–Crippen LogP) is 1.33. The van der Waals surface area contributed by atoms with Gasteiger partial charge >= 0.3 is 0 Å². The summed E-state index contributed by atoms with van der Waals surface area (Å²) in [5.74, 6) is 1.68. The van der Waals surface area contributed by atoms with Gasteiger partial charge in [0, 0.05) is 25.6 Å². The third-order valence-corrected chi connectivity index (χ3v) is 7.41.